The molecule has 0 fully saturated rings. The van der Waals surface area contributed by atoms with Gasteiger partial charge in [-0.2, -0.15) is 13.2 Å². The van der Waals surface area contributed by atoms with E-state index in [2.05, 4.69) is 4.74 Å². The highest BCUT2D eigenvalue weighted by molar-refractivity contribution is 5.91. The minimum Gasteiger partial charge on any atom is -0.497 e. The number of methoxy groups -OCH3 is 1. The van der Waals surface area contributed by atoms with Crippen LogP contribution in [0.1, 0.15) is 10.4 Å². The molecule has 1 rings (SSSR count). The van der Waals surface area contributed by atoms with Crippen molar-refractivity contribution in [3.8, 4) is 11.5 Å². The zero-order chi connectivity index (χ0) is 13.1. The summed E-state index contributed by atoms with van der Waals surface area (Å²) in [5.41, 5.74) is -0.352. The monoisotopic (exact) mass is 250 g/mol. The van der Waals surface area contributed by atoms with Gasteiger partial charge in [0.05, 0.1) is 7.11 Å². The van der Waals surface area contributed by atoms with Crippen LogP contribution in [0.4, 0.5) is 13.2 Å². The van der Waals surface area contributed by atoms with Crippen LogP contribution >= 0.6 is 0 Å². The molecule has 0 amide bonds. The van der Waals surface area contributed by atoms with Gasteiger partial charge in [0, 0.05) is 6.07 Å². The molecule has 94 valence electrons. The number of rotatable bonds is 4. The Labute approximate surface area is 94.6 Å². The van der Waals surface area contributed by atoms with E-state index in [0.29, 0.717) is 0 Å². The summed E-state index contributed by atoms with van der Waals surface area (Å²) in [4.78, 5) is 10.7. The van der Waals surface area contributed by atoms with Gasteiger partial charge in [0.1, 0.15) is 17.1 Å². The molecule has 0 unspecified atom stereocenters. The molecule has 7 heteroatoms. The average Bonchev–Trinajstić information content (AvgIpc) is 2.24. The first-order valence-electron chi connectivity index (χ1n) is 4.44. The molecule has 0 spiro atoms. The third kappa shape index (κ3) is 3.86. The molecule has 0 saturated carbocycles. The molecule has 0 aromatic heterocycles. The number of halogens is 3. The van der Waals surface area contributed by atoms with E-state index in [0.717, 1.165) is 12.1 Å². The summed E-state index contributed by atoms with van der Waals surface area (Å²) in [6.45, 7) is -1.56. The highest BCUT2D eigenvalue weighted by atomic mass is 19.4. The van der Waals surface area contributed by atoms with Gasteiger partial charge >= 0.3 is 12.1 Å². The average molecular weight is 250 g/mol. The van der Waals surface area contributed by atoms with Gasteiger partial charge in [-0.05, 0) is 12.1 Å². The number of hydrogen-bond acceptors (Lipinski definition) is 3. The van der Waals surface area contributed by atoms with E-state index in [1.165, 1.54) is 13.2 Å². The quantitative estimate of drug-likeness (QED) is 0.891. The van der Waals surface area contributed by atoms with E-state index < -0.39 is 18.8 Å². The number of carbonyl (C=O) groups is 1. The van der Waals surface area contributed by atoms with Gasteiger partial charge in [-0.3, -0.25) is 0 Å². The normalized spacial score (nSPS) is 11.1. The van der Waals surface area contributed by atoms with Gasteiger partial charge in [0.15, 0.2) is 6.61 Å². The van der Waals surface area contributed by atoms with Crippen molar-refractivity contribution < 1.29 is 32.5 Å². The first-order chi connectivity index (χ1) is 7.83. The van der Waals surface area contributed by atoms with Crippen molar-refractivity contribution in [1.82, 2.24) is 0 Å². The lowest BCUT2D eigenvalue weighted by Crippen LogP contribution is -2.20. The lowest BCUT2D eigenvalue weighted by molar-refractivity contribution is -0.153. The predicted octanol–water partition coefficient (Wildman–Crippen LogP) is 2.33. The summed E-state index contributed by atoms with van der Waals surface area (Å²) in [5.74, 6) is -1.54. The number of alkyl halides is 3. The molecular formula is C10H9F3O4. The van der Waals surface area contributed by atoms with Gasteiger partial charge in [-0.25, -0.2) is 4.79 Å². The second kappa shape index (κ2) is 4.94. The third-order valence-corrected chi connectivity index (χ3v) is 1.81. The first-order valence-corrected chi connectivity index (χ1v) is 4.44. The standard InChI is InChI=1S/C10H9F3O4/c1-16-6-2-3-7(9(14)15)8(4-6)17-5-10(11,12)13/h2-4H,5H2,1H3,(H,14,15). The molecule has 1 N–H and O–H groups in total. The van der Waals surface area contributed by atoms with Crippen LogP contribution in [0.25, 0.3) is 0 Å². The van der Waals surface area contributed by atoms with Crippen LogP contribution in [0.15, 0.2) is 18.2 Å². The third-order valence-electron chi connectivity index (χ3n) is 1.81. The van der Waals surface area contributed by atoms with Crippen LogP contribution in [0.5, 0.6) is 11.5 Å². The molecule has 0 heterocycles. The van der Waals surface area contributed by atoms with Crippen LogP contribution in [-0.2, 0) is 0 Å². The Hall–Kier alpha value is -1.92. The smallest absolute Gasteiger partial charge is 0.422 e. The lowest BCUT2D eigenvalue weighted by atomic mass is 10.2. The Morgan fingerprint density at radius 1 is 1.41 bits per heavy atom. The fourth-order valence-corrected chi connectivity index (χ4v) is 1.09. The van der Waals surface area contributed by atoms with E-state index in [-0.39, 0.29) is 17.1 Å². The molecule has 0 saturated heterocycles. The molecule has 4 nitrogen and oxygen atoms in total. The summed E-state index contributed by atoms with van der Waals surface area (Å²) >= 11 is 0. The summed E-state index contributed by atoms with van der Waals surface area (Å²) in [5, 5.41) is 8.76. The number of hydrogen-bond donors (Lipinski definition) is 1. The Morgan fingerprint density at radius 2 is 2.06 bits per heavy atom. The van der Waals surface area contributed by atoms with E-state index in [1.807, 2.05) is 0 Å². The van der Waals surface area contributed by atoms with Crippen LogP contribution in [-0.4, -0.2) is 31.0 Å². The number of benzene rings is 1. The van der Waals surface area contributed by atoms with Crippen molar-refractivity contribution >= 4 is 5.97 Å². The van der Waals surface area contributed by atoms with E-state index in [4.69, 9.17) is 9.84 Å². The number of carboxylic acids is 1. The zero-order valence-electron chi connectivity index (χ0n) is 8.75. The van der Waals surface area contributed by atoms with Crippen LogP contribution in [0.3, 0.4) is 0 Å². The molecule has 0 atom stereocenters. The Kier molecular flexibility index (Phi) is 3.82. The fraction of sp³-hybridized carbons (Fsp3) is 0.300. The van der Waals surface area contributed by atoms with Crippen LogP contribution in [0.2, 0.25) is 0 Å². The summed E-state index contributed by atoms with van der Waals surface area (Å²) in [7, 11) is 1.31. The van der Waals surface area contributed by atoms with Crippen molar-refractivity contribution in [1.29, 1.82) is 0 Å². The molecular weight excluding hydrogens is 241 g/mol. The lowest BCUT2D eigenvalue weighted by Gasteiger charge is -2.12. The molecule has 0 aliphatic heterocycles. The molecule has 0 aliphatic rings. The van der Waals surface area contributed by atoms with Gasteiger partial charge in [0.2, 0.25) is 0 Å². The molecule has 0 aliphatic carbocycles. The van der Waals surface area contributed by atoms with E-state index in [1.54, 1.807) is 0 Å². The molecule has 17 heavy (non-hydrogen) atoms. The minimum atomic E-state index is -4.53. The van der Waals surface area contributed by atoms with Crippen LogP contribution < -0.4 is 9.47 Å². The van der Waals surface area contributed by atoms with Crippen molar-refractivity contribution in [2.75, 3.05) is 13.7 Å². The van der Waals surface area contributed by atoms with Crippen molar-refractivity contribution in [2.24, 2.45) is 0 Å². The summed E-state index contributed by atoms with van der Waals surface area (Å²) in [6.07, 6.45) is -4.53. The van der Waals surface area contributed by atoms with Gasteiger partial charge < -0.3 is 14.6 Å². The number of aromatic carboxylic acids is 1. The minimum absolute atomic E-state index is 0.215. The topological polar surface area (TPSA) is 55.8 Å². The van der Waals surface area contributed by atoms with Crippen molar-refractivity contribution in [3.63, 3.8) is 0 Å². The Bertz CT molecular complexity index is 415. The molecule has 0 bridgehead atoms. The number of ether oxygens (including phenoxy) is 2. The Balaban J connectivity index is 2.97. The largest absolute Gasteiger partial charge is 0.497 e. The number of carboxylic acid groups (broad SMARTS) is 1. The molecule has 1 aromatic rings. The fourth-order valence-electron chi connectivity index (χ4n) is 1.09. The zero-order valence-corrected chi connectivity index (χ0v) is 8.75. The maximum Gasteiger partial charge on any atom is 0.422 e. The SMILES string of the molecule is COc1ccc(C(=O)O)c(OCC(F)(F)F)c1. The van der Waals surface area contributed by atoms with Crippen molar-refractivity contribution in [2.45, 2.75) is 6.18 Å². The first kappa shape index (κ1) is 13.1. The predicted molar refractivity (Wildman–Crippen MR) is 51.5 cm³/mol. The van der Waals surface area contributed by atoms with Crippen molar-refractivity contribution in [3.05, 3.63) is 23.8 Å². The highest BCUT2D eigenvalue weighted by Gasteiger charge is 2.29. The van der Waals surface area contributed by atoms with Gasteiger partial charge in [-0.1, -0.05) is 0 Å². The second-order valence-electron chi connectivity index (χ2n) is 3.07. The summed E-state index contributed by atoms with van der Waals surface area (Å²) in [6, 6.07) is 3.53. The van der Waals surface area contributed by atoms with E-state index in [9.17, 15) is 18.0 Å². The molecule has 1 aromatic carbocycles. The second-order valence-corrected chi connectivity index (χ2v) is 3.07. The maximum atomic E-state index is 12.0. The Morgan fingerprint density at radius 3 is 2.53 bits per heavy atom. The van der Waals surface area contributed by atoms with Gasteiger partial charge in [0.25, 0.3) is 0 Å². The highest BCUT2D eigenvalue weighted by Crippen LogP contribution is 2.26. The van der Waals surface area contributed by atoms with Crippen LogP contribution in [0, 0.1) is 0 Å². The van der Waals surface area contributed by atoms with Gasteiger partial charge in [-0.15, -0.1) is 0 Å². The molecule has 0 radical (unpaired) electrons. The van der Waals surface area contributed by atoms with E-state index >= 15 is 0 Å². The maximum absolute atomic E-state index is 12.0. The summed E-state index contributed by atoms with van der Waals surface area (Å²) < 4.78 is 45.0.